The molecule has 0 aromatic rings. The minimum atomic E-state index is -0.0695. The van der Waals surface area contributed by atoms with Crippen molar-refractivity contribution >= 4 is 24.1 Å². The Morgan fingerprint density at radius 1 is 0.600 bits per heavy atom. The van der Waals surface area contributed by atoms with Crippen molar-refractivity contribution in [3.05, 3.63) is 0 Å². The molecule has 1 saturated carbocycles. The predicted octanol–water partition coefficient (Wildman–Crippen LogP) is 13.6. The van der Waals surface area contributed by atoms with Crippen LogP contribution in [0.5, 0.6) is 0 Å². The molecule has 0 radical (unpaired) electrons. The molecule has 0 heterocycles. The molecule has 7 heteroatoms. The molecule has 0 bridgehead atoms. The summed E-state index contributed by atoms with van der Waals surface area (Å²) in [6.45, 7) is 37.3. The van der Waals surface area contributed by atoms with Gasteiger partial charge in [-0.15, -0.1) is 0 Å². The number of ketones is 2. The smallest absolute Gasteiger partial charge is 0.139 e. The number of rotatable bonds is 16. The van der Waals surface area contributed by atoms with Crippen molar-refractivity contribution in [3.63, 3.8) is 0 Å². The summed E-state index contributed by atoms with van der Waals surface area (Å²) >= 11 is 0. The molecule has 338 valence electrons. The zero-order chi connectivity index (χ0) is 45.0. The fourth-order valence-corrected chi connectivity index (χ4v) is 4.09. The molecule has 1 aliphatic rings. The van der Waals surface area contributed by atoms with Gasteiger partial charge in [0.05, 0.1) is 12.2 Å². The van der Waals surface area contributed by atoms with E-state index in [1.165, 1.54) is 32.1 Å². The lowest BCUT2D eigenvalue weighted by Gasteiger charge is -2.25. The standard InChI is InChI=1S/C10H18O.C8H18O.C8H16O.C6H14.C5H12O.2C3H6O.C3H8.C2H6O/c1-3-8-6-5-7-9(4-2)10(8)11;2*1-4-7(3)6-8(9)5-2;1-4-6(3)5-2;1-3-5(6)4-2;2*1-2-3-4;1-3-2;1-2-3/h8-9H,3-7H2,1-2H3;7-9H,4-6H2,1-3H3;7H,4-6H2,1-3H3;6H,4-5H2,1-3H3;5-6H,3-4H2,1-2H3;2*3H,2H2,1H3;3H2,1-2H3;3H,2H2,1H3. The molecule has 5 unspecified atom stereocenters. The molecule has 55 heavy (non-hydrogen) atoms. The van der Waals surface area contributed by atoms with Crippen molar-refractivity contribution in [1.29, 1.82) is 0 Å². The molecule has 0 aromatic carbocycles. The number of hydrogen-bond acceptors (Lipinski definition) is 7. The van der Waals surface area contributed by atoms with Crippen LogP contribution >= 0.6 is 0 Å². The molecule has 7 nitrogen and oxygen atoms in total. The van der Waals surface area contributed by atoms with Crippen LogP contribution in [-0.2, 0) is 19.2 Å². The molecule has 0 amide bonds. The van der Waals surface area contributed by atoms with Crippen LogP contribution in [0.3, 0.4) is 0 Å². The highest BCUT2D eigenvalue weighted by Crippen LogP contribution is 2.29. The first kappa shape index (κ1) is 71.3. The molecular weight excluding hydrogens is 689 g/mol. The Hall–Kier alpha value is -1.44. The lowest BCUT2D eigenvalue weighted by Crippen LogP contribution is -2.27. The van der Waals surface area contributed by atoms with E-state index in [4.69, 9.17) is 15.3 Å². The summed E-state index contributed by atoms with van der Waals surface area (Å²) in [5.74, 6) is 3.93. The molecule has 1 rings (SSSR count). The topological polar surface area (TPSA) is 129 Å². The third kappa shape index (κ3) is 74.2. The van der Waals surface area contributed by atoms with Crippen LogP contribution in [0.1, 0.15) is 240 Å². The second kappa shape index (κ2) is 64.5. The highest BCUT2D eigenvalue weighted by Gasteiger charge is 2.28. The average molecular weight is 793 g/mol. The number of carbonyl (C=O) groups excluding carboxylic acids is 4. The Balaban J connectivity index is -0.0000000781. The number of aliphatic hydroxyl groups is 3. The number of Topliss-reactive ketones (excluding diaryl/α,β-unsaturated/α-hetero) is 2. The first-order valence-electron chi connectivity index (χ1n) is 22.9. The Bertz CT molecular complexity index is 648. The minimum Gasteiger partial charge on any atom is -0.397 e. The third-order valence-corrected chi connectivity index (χ3v) is 9.08. The Kier molecular flexibility index (Phi) is 83.5. The van der Waals surface area contributed by atoms with E-state index in [0.29, 0.717) is 54.5 Å². The van der Waals surface area contributed by atoms with Crippen LogP contribution in [0.25, 0.3) is 0 Å². The van der Waals surface area contributed by atoms with Gasteiger partial charge in [0.25, 0.3) is 0 Å². The molecular formula is C48H104O7. The SMILES string of the molecule is CCC.CCC(=O)CC(C)CC.CCC(C)CC.CCC(C)CC(O)CC.CCC(O)CC.CCC1CCCC(CC)C1=O.CCC=O.CCC=O.CCO. The maximum Gasteiger partial charge on any atom is 0.139 e. The Labute approximate surface area is 346 Å². The summed E-state index contributed by atoms with van der Waals surface area (Å²) in [6.07, 6.45) is 19.9. The van der Waals surface area contributed by atoms with Crippen molar-refractivity contribution in [2.24, 2.45) is 29.6 Å². The fraction of sp³-hybridized carbons (Fsp3) is 0.917. The maximum atomic E-state index is 11.6. The predicted molar refractivity (Wildman–Crippen MR) is 244 cm³/mol. The normalized spacial score (nSPS) is 15.2. The first-order chi connectivity index (χ1) is 26.0. The largest absolute Gasteiger partial charge is 0.397 e. The molecule has 1 aliphatic carbocycles. The lowest BCUT2D eigenvalue weighted by atomic mass is 9.78. The quantitative estimate of drug-likeness (QED) is 0.133. The molecule has 0 aromatic heterocycles. The van der Waals surface area contributed by atoms with Gasteiger partial charge in [0.15, 0.2) is 0 Å². The van der Waals surface area contributed by atoms with Gasteiger partial charge in [-0.2, -0.15) is 0 Å². The lowest BCUT2D eigenvalue weighted by molar-refractivity contribution is -0.129. The molecule has 5 atom stereocenters. The zero-order valence-electron chi connectivity index (χ0n) is 40.6. The number of aliphatic hydroxyl groups excluding tert-OH is 3. The van der Waals surface area contributed by atoms with Gasteiger partial charge in [-0.3, -0.25) is 9.59 Å². The second-order valence-corrected chi connectivity index (χ2v) is 14.5. The van der Waals surface area contributed by atoms with Crippen molar-refractivity contribution in [1.82, 2.24) is 0 Å². The van der Waals surface area contributed by atoms with Crippen LogP contribution in [0, 0.1) is 29.6 Å². The maximum absolute atomic E-state index is 11.6. The first-order valence-corrected chi connectivity index (χ1v) is 22.9. The molecule has 1 fully saturated rings. The van der Waals surface area contributed by atoms with Crippen molar-refractivity contribution < 1.29 is 34.5 Å². The van der Waals surface area contributed by atoms with Crippen LogP contribution in [-0.4, -0.2) is 58.3 Å². The minimum absolute atomic E-state index is 0.0648. The van der Waals surface area contributed by atoms with E-state index >= 15 is 0 Å². The highest BCUT2D eigenvalue weighted by molar-refractivity contribution is 5.84. The summed E-state index contributed by atoms with van der Waals surface area (Å²) in [5.41, 5.74) is 0. The highest BCUT2D eigenvalue weighted by atomic mass is 16.3. The van der Waals surface area contributed by atoms with Gasteiger partial charge in [0.2, 0.25) is 0 Å². The Morgan fingerprint density at radius 3 is 1.09 bits per heavy atom. The van der Waals surface area contributed by atoms with E-state index in [1.54, 1.807) is 6.92 Å². The Morgan fingerprint density at radius 2 is 0.909 bits per heavy atom. The van der Waals surface area contributed by atoms with Crippen LogP contribution in [0.15, 0.2) is 0 Å². The fourth-order valence-electron chi connectivity index (χ4n) is 4.09. The van der Waals surface area contributed by atoms with Gasteiger partial charge in [0, 0.05) is 44.1 Å². The van der Waals surface area contributed by atoms with Gasteiger partial charge >= 0.3 is 0 Å². The number of hydrogen-bond donors (Lipinski definition) is 3. The summed E-state index contributed by atoms with van der Waals surface area (Å²) < 4.78 is 0. The third-order valence-electron chi connectivity index (χ3n) is 9.08. The van der Waals surface area contributed by atoms with Crippen molar-refractivity contribution in [3.8, 4) is 0 Å². The van der Waals surface area contributed by atoms with E-state index in [0.717, 1.165) is 82.7 Å². The average Bonchev–Trinajstić information content (AvgIpc) is 3.21. The monoisotopic (exact) mass is 793 g/mol. The van der Waals surface area contributed by atoms with Gasteiger partial charge in [-0.1, -0.05) is 156 Å². The second-order valence-electron chi connectivity index (χ2n) is 14.5. The van der Waals surface area contributed by atoms with E-state index in [9.17, 15) is 19.2 Å². The summed E-state index contributed by atoms with van der Waals surface area (Å²) in [4.78, 5) is 40.7. The number of carbonyl (C=O) groups is 4. The van der Waals surface area contributed by atoms with Gasteiger partial charge in [-0.05, 0) is 76.0 Å². The van der Waals surface area contributed by atoms with Crippen molar-refractivity contribution in [2.45, 2.75) is 252 Å². The summed E-state index contributed by atoms with van der Waals surface area (Å²) in [7, 11) is 0. The summed E-state index contributed by atoms with van der Waals surface area (Å²) in [6, 6.07) is 0. The van der Waals surface area contributed by atoms with Gasteiger partial charge < -0.3 is 24.9 Å². The molecule has 0 spiro atoms. The van der Waals surface area contributed by atoms with E-state index in [-0.39, 0.29) is 18.8 Å². The van der Waals surface area contributed by atoms with Gasteiger partial charge in [-0.25, -0.2) is 0 Å². The molecule has 0 aliphatic heterocycles. The number of aldehydes is 2. The van der Waals surface area contributed by atoms with Crippen molar-refractivity contribution in [2.75, 3.05) is 6.61 Å². The van der Waals surface area contributed by atoms with Gasteiger partial charge in [0.1, 0.15) is 24.1 Å². The molecule has 0 saturated heterocycles. The van der Waals surface area contributed by atoms with E-state index < -0.39 is 0 Å². The van der Waals surface area contributed by atoms with Crippen LogP contribution < -0.4 is 0 Å². The zero-order valence-corrected chi connectivity index (χ0v) is 40.6. The molecule has 3 N–H and O–H groups in total. The van der Waals surface area contributed by atoms with Crippen LogP contribution in [0.2, 0.25) is 0 Å². The summed E-state index contributed by atoms with van der Waals surface area (Å²) in [5, 5.41) is 25.4. The van der Waals surface area contributed by atoms with Crippen LogP contribution in [0.4, 0.5) is 0 Å². The van der Waals surface area contributed by atoms with E-state index in [1.807, 2.05) is 41.5 Å². The van der Waals surface area contributed by atoms with E-state index in [2.05, 4.69) is 76.2 Å².